The maximum absolute atomic E-state index is 13.4. The minimum Gasteiger partial charge on any atom is -0.351 e. The monoisotopic (exact) mass is 448 g/mol. The number of hydrogen-bond acceptors (Lipinski definition) is 4. The van der Waals surface area contributed by atoms with Crippen molar-refractivity contribution in [3.05, 3.63) is 73.1 Å². The fraction of sp³-hybridized carbons (Fsp3) is 0.385. The number of hydrogen-bond donors (Lipinski definition) is 2. The van der Waals surface area contributed by atoms with E-state index in [1.54, 1.807) is 30.6 Å². The molecule has 0 radical (unpaired) electrons. The summed E-state index contributed by atoms with van der Waals surface area (Å²) in [6, 6.07) is 12.1. The van der Waals surface area contributed by atoms with Gasteiger partial charge in [-0.1, -0.05) is 55.7 Å². The van der Waals surface area contributed by atoms with Crippen LogP contribution < -0.4 is 10.6 Å². The Morgan fingerprint density at radius 3 is 2.48 bits per heavy atom. The topological polar surface area (TPSA) is 91.4 Å². The van der Waals surface area contributed by atoms with E-state index in [2.05, 4.69) is 22.2 Å². The van der Waals surface area contributed by atoms with Crippen molar-refractivity contribution in [3.8, 4) is 0 Å². The third kappa shape index (κ3) is 7.27. The number of nitrogens with zero attached hydrogens (tertiary/aromatic N) is 2. The molecule has 2 aromatic rings. The third-order valence-electron chi connectivity index (χ3n) is 5.78. The Hall–Kier alpha value is -3.48. The number of carbonyl (C=O) groups excluding carboxylic acids is 3. The van der Waals surface area contributed by atoms with Gasteiger partial charge in [-0.2, -0.15) is 0 Å². The predicted octanol–water partition coefficient (Wildman–Crippen LogP) is 4.01. The molecule has 1 aromatic heterocycles. The molecule has 3 rings (SSSR count). The highest BCUT2D eigenvalue weighted by Crippen LogP contribution is 2.25. The number of pyridine rings is 1. The lowest BCUT2D eigenvalue weighted by Gasteiger charge is -2.33. The maximum atomic E-state index is 13.4. The lowest BCUT2D eigenvalue weighted by atomic mass is 9.94. The lowest BCUT2D eigenvalue weighted by molar-refractivity contribution is -0.141. The third-order valence-corrected chi connectivity index (χ3v) is 5.78. The first-order valence-electron chi connectivity index (χ1n) is 11.5. The molecular formula is C26H32N4O3. The van der Waals surface area contributed by atoms with Crippen LogP contribution >= 0.6 is 0 Å². The van der Waals surface area contributed by atoms with Gasteiger partial charge in [0.2, 0.25) is 17.7 Å². The van der Waals surface area contributed by atoms with Gasteiger partial charge in [-0.3, -0.25) is 19.4 Å². The Balaban J connectivity index is 1.71. The van der Waals surface area contributed by atoms with Crippen LogP contribution in [0.1, 0.15) is 56.6 Å². The van der Waals surface area contributed by atoms with Crippen LogP contribution in [0.4, 0.5) is 5.69 Å². The molecule has 1 heterocycles. The van der Waals surface area contributed by atoms with Crippen LogP contribution in [0.25, 0.3) is 0 Å². The molecule has 0 bridgehead atoms. The van der Waals surface area contributed by atoms with E-state index in [9.17, 15) is 14.4 Å². The maximum Gasteiger partial charge on any atom is 0.247 e. The molecule has 3 amide bonds. The molecule has 0 spiro atoms. The van der Waals surface area contributed by atoms with Crippen LogP contribution in [0.15, 0.2) is 67.5 Å². The van der Waals surface area contributed by atoms with E-state index in [1.165, 1.54) is 11.3 Å². The van der Waals surface area contributed by atoms with Crippen molar-refractivity contribution >= 4 is 23.4 Å². The zero-order valence-electron chi connectivity index (χ0n) is 18.9. The van der Waals surface area contributed by atoms with Gasteiger partial charge in [-0.25, -0.2) is 0 Å². The average Bonchev–Trinajstić information content (AvgIpc) is 2.84. The molecule has 1 aliphatic carbocycles. The first kappa shape index (κ1) is 24.2. The molecule has 7 heteroatoms. The number of carbonyl (C=O) groups is 3. The molecule has 7 nitrogen and oxygen atoms in total. The molecule has 0 aliphatic heterocycles. The van der Waals surface area contributed by atoms with Gasteiger partial charge in [0.15, 0.2) is 0 Å². The molecule has 33 heavy (non-hydrogen) atoms. The van der Waals surface area contributed by atoms with Crippen molar-refractivity contribution < 1.29 is 14.4 Å². The van der Waals surface area contributed by atoms with Gasteiger partial charge in [-0.05, 0) is 30.5 Å². The predicted molar refractivity (Wildman–Crippen MR) is 128 cm³/mol. The van der Waals surface area contributed by atoms with Crippen molar-refractivity contribution in [2.24, 2.45) is 0 Å². The Labute approximate surface area is 195 Å². The van der Waals surface area contributed by atoms with Crippen molar-refractivity contribution in [3.63, 3.8) is 0 Å². The molecule has 1 saturated carbocycles. The van der Waals surface area contributed by atoms with E-state index in [-0.39, 0.29) is 43.1 Å². The normalized spacial score (nSPS) is 14.7. The summed E-state index contributed by atoms with van der Waals surface area (Å²) in [7, 11) is 0. The zero-order valence-corrected chi connectivity index (χ0v) is 18.9. The minimum absolute atomic E-state index is 0.00707. The summed E-state index contributed by atoms with van der Waals surface area (Å²) in [5, 5.41) is 5.89. The summed E-state index contributed by atoms with van der Waals surface area (Å²) in [5.41, 5.74) is 1.31. The Bertz CT molecular complexity index is 927. The molecule has 1 fully saturated rings. The van der Waals surface area contributed by atoms with Crippen LogP contribution in [0.5, 0.6) is 0 Å². The fourth-order valence-corrected chi connectivity index (χ4v) is 4.15. The van der Waals surface area contributed by atoms with Crippen molar-refractivity contribution in [1.29, 1.82) is 0 Å². The second-order valence-electron chi connectivity index (χ2n) is 8.28. The zero-order chi connectivity index (χ0) is 23.5. The van der Waals surface area contributed by atoms with E-state index < -0.39 is 6.04 Å². The summed E-state index contributed by atoms with van der Waals surface area (Å²) >= 11 is 0. The SMILES string of the molecule is C=CCN(C(=O)CCC(=O)Nc1cccnc1)C(C(=O)NC1CCCCC1)c1ccccc1. The summed E-state index contributed by atoms with van der Waals surface area (Å²) in [5.74, 6) is -0.746. The standard InChI is InChI=1S/C26H32N4O3/c1-2-18-30(24(32)16-15-23(31)28-22-14-9-17-27-19-22)25(20-10-5-3-6-11-20)26(33)29-21-12-7-4-8-13-21/h2-3,5-6,9-11,14,17,19,21,25H,1,4,7-8,12-13,15-16,18H2,(H,28,31)(H,29,33). The minimum atomic E-state index is -0.778. The highest BCUT2D eigenvalue weighted by Gasteiger charge is 2.32. The molecular weight excluding hydrogens is 416 g/mol. The molecule has 1 aromatic carbocycles. The van der Waals surface area contributed by atoms with E-state index in [0.717, 1.165) is 31.2 Å². The average molecular weight is 449 g/mol. The summed E-state index contributed by atoms with van der Waals surface area (Å²) in [4.78, 5) is 44.4. The number of aromatic nitrogens is 1. The Kier molecular flexibility index (Phi) is 9.18. The Morgan fingerprint density at radius 1 is 1.06 bits per heavy atom. The first-order valence-corrected chi connectivity index (χ1v) is 11.5. The molecule has 0 saturated heterocycles. The van der Waals surface area contributed by atoms with Crippen LogP contribution in [0, 0.1) is 0 Å². The van der Waals surface area contributed by atoms with Crippen LogP contribution in [0.2, 0.25) is 0 Å². The van der Waals surface area contributed by atoms with E-state index in [1.807, 2.05) is 30.3 Å². The van der Waals surface area contributed by atoms with Crippen molar-refractivity contribution in [2.45, 2.75) is 57.0 Å². The molecule has 2 N–H and O–H groups in total. The number of amides is 3. The van der Waals surface area contributed by atoms with Gasteiger partial charge in [0, 0.05) is 31.6 Å². The van der Waals surface area contributed by atoms with Gasteiger partial charge < -0.3 is 15.5 Å². The van der Waals surface area contributed by atoms with E-state index in [0.29, 0.717) is 5.69 Å². The van der Waals surface area contributed by atoms with Gasteiger partial charge in [-0.15, -0.1) is 6.58 Å². The summed E-state index contributed by atoms with van der Waals surface area (Å²) in [6.45, 7) is 3.98. The lowest BCUT2D eigenvalue weighted by Crippen LogP contribution is -2.47. The number of anilines is 1. The quantitative estimate of drug-likeness (QED) is 0.538. The summed E-state index contributed by atoms with van der Waals surface area (Å²) < 4.78 is 0. The molecule has 1 unspecified atom stereocenters. The van der Waals surface area contributed by atoms with Crippen molar-refractivity contribution in [1.82, 2.24) is 15.2 Å². The van der Waals surface area contributed by atoms with Crippen LogP contribution in [-0.4, -0.2) is 40.2 Å². The van der Waals surface area contributed by atoms with Crippen LogP contribution in [-0.2, 0) is 14.4 Å². The van der Waals surface area contributed by atoms with E-state index >= 15 is 0 Å². The van der Waals surface area contributed by atoms with E-state index in [4.69, 9.17) is 0 Å². The first-order chi connectivity index (χ1) is 16.1. The number of benzene rings is 1. The largest absolute Gasteiger partial charge is 0.351 e. The summed E-state index contributed by atoms with van der Waals surface area (Å²) in [6.07, 6.45) is 10.1. The molecule has 1 aliphatic rings. The van der Waals surface area contributed by atoms with Gasteiger partial charge in [0.25, 0.3) is 0 Å². The number of rotatable bonds is 10. The molecule has 1 atom stereocenters. The molecule has 174 valence electrons. The second-order valence-corrected chi connectivity index (χ2v) is 8.28. The van der Waals surface area contributed by atoms with Crippen molar-refractivity contribution in [2.75, 3.05) is 11.9 Å². The van der Waals surface area contributed by atoms with Gasteiger partial charge in [0.05, 0.1) is 11.9 Å². The van der Waals surface area contributed by atoms with Gasteiger partial charge in [0.1, 0.15) is 6.04 Å². The number of nitrogens with one attached hydrogen (secondary N) is 2. The fourth-order valence-electron chi connectivity index (χ4n) is 4.15. The van der Waals surface area contributed by atoms with Crippen LogP contribution in [0.3, 0.4) is 0 Å². The Morgan fingerprint density at radius 2 is 1.82 bits per heavy atom. The smallest absolute Gasteiger partial charge is 0.247 e. The highest BCUT2D eigenvalue weighted by molar-refractivity contribution is 5.94. The highest BCUT2D eigenvalue weighted by atomic mass is 16.2. The van der Waals surface area contributed by atoms with Gasteiger partial charge >= 0.3 is 0 Å². The second kappa shape index (κ2) is 12.5.